The summed E-state index contributed by atoms with van der Waals surface area (Å²) in [6, 6.07) is 7.21. The summed E-state index contributed by atoms with van der Waals surface area (Å²) in [5, 5.41) is 9.18. The van der Waals surface area contributed by atoms with Gasteiger partial charge in [0.15, 0.2) is 0 Å². The van der Waals surface area contributed by atoms with Gasteiger partial charge in [-0.2, -0.15) is 0 Å². The zero-order valence-corrected chi connectivity index (χ0v) is 12.8. The normalized spacial score (nSPS) is 19.9. The fraction of sp³-hybridized carbons (Fsp3) is 0.562. The van der Waals surface area contributed by atoms with E-state index in [0.717, 1.165) is 44.8 Å². The fourth-order valence-corrected chi connectivity index (χ4v) is 2.67. The Morgan fingerprint density at radius 2 is 2.24 bits per heavy atom. The lowest BCUT2D eigenvalue weighted by Crippen LogP contribution is -2.45. The first-order chi connectivity index (χ1) is 10.1. The number of ether oxygens (including phenoxy) is 1. The quantitative estimate of drug-likeness (QED) is 0.853. The maximum absolute atomic E-state index is 11.2. The van der Waals surface area contributed by atoms with Gasteiger partial charge in [0, 0.05) is 26.2 Å². The molecule has 1 unspecified atom stereocenters. The molecule has 1 aromatic rings. The number of aromatic carboxylic acids is 1. The van der Waals surface area contributed by atoms with Crippen LogP contribution < -0.4 is 0 Å². The van der Waals surface area contributed by atoms with Gasteiger partial charge in [-0.3, -0.25) is 0 Å². The van der Waals surface area contributed by atoms with Crippen LogP contribution in [0.3, 0.4) is 0 Å². The first kappa shape index (κ1) is 15.9. The molecule has 0 aromatic heterocycles. The number of benzene rings is 1. The lowest BCUT2D eigenvalue weighted by atomic mass is 10.0. The van der Waals surface area contributed by atoms with Crippen molar-refractivity contribution in [3.63, 3.8) is 0 Å². The second-order valence-electron chi connectivity index (χ2n) is 5.73. The van der Waals surface area contributed by atoms with Gasteiger partial charge in [0.05, 0.1) is 18.3 Å². The van der Waals surface area contributed by atoms with E-state index in [1.165, 1.54) is 0 Å². The first-order valence-electron chi connectivity index (χ1n) is 7.36. The molecule has 1 fully saturated rings. The Bertz CT molecular complexity index is 478. The van der Waals surface area contributed by atoms with Gasteiger partial charge in [0.1, 0.15) is 0 Å². The average molecular weight is 292 g/mol. The van der Waals surface area contributed by atoms with E-state index in [-0.39, 0.29) is 6.10 Å². The summed E-state index contributed by atoms with van der Waals surface area (Å²) in [5.74, 6) is -0.856. The second kappa shape index (κ2) is 7.54. The molecule has 1 saturated heterocycles. The van der Waals surface area contributed by atoms with Gasteiger partial charge in [-0.1, -0.05) is 18.2 Å². The average Bonchev–Trinajstić information content (AvgIpc) is 2.45. The van der Waals surface area contributed by atoms with Crippen molar-refractivity contribution in [2.24, 2.45) is 0 Å². The van der Waals surface area contributed by atoms with E-state index >= 15 is 0 Å². The number of likely N-dealkylation sites (N-methyl/N-ethyl adjacent to an activating group) is 2. The Labute approximate surface area is 126 Å². The maximum atomic E-state index is 11.2. The van der Waals surface area contributed by atoms with Crippen molar-refractivity contribution in [3.05, 3.63) is 35.4 Å². The largest absolute Gasteiger partial charge is 0.478 e. The van der Waals surface area contributed by atoms with Gasteiger partial charge >= 0.3 is 5.97 Å². The lowest BCUT2D eigenvalue weighted by molar-refractivity contribution is -0.0323. The molecule has 1 heterocycles. The molecule has 2 rings (SSSR count). The highest BCUT2D eigenvalue weighted by atomic mass is 16.5. The molecule has 1 aliphatic rings. The number of hydrogen-bond acceptors (Lipinski definition) is 4. The molecule has 0 bridgehead atoms. The minimum absolute atomic E-state index is 0.239. The molecule has 5 nitrogen and oxygen atoms in total. The highest BCUT2D eigenvalue weighted by Gasteiger charge is 2.19. The predicted molar refractivity (Wildman–Crippen MR) is 81.8 cm³/mol. The van der Waals surface area contributed by atoms with Crippen molar-refractivity contribution >= 4 is 5.97 Å². The van der Waals surface area contributed by atoms with E-state index < -0.39 is 5.97 Å². The molecule has 0 saturated carbocycles. The van der Waals surface area contributed by atoms with Crippen LogP contribution in [-0.2, 0) is 11.2 Å². The fourth-order valence-electron chi connectivity index (χ4n) is 2.67. The minimum atomic E-state index is -0.856. The number of carbonyl (C=O) groups is 1. The summed E-state index contributed by atoms with van der Waals surface area (Å²) >= 11 is 0. The van der Waals surface area contributed by atoms with E-state index in [2.05, 4.69) is 23.9 Å². The maximum Gasteiger partial charge on any atom is 0.335 e. The number of carboxylic acids is 1. The van der Waals surface area contributed by atoms with Crippen molar-refractivity contribution in [2.45, 2.75) is 12.5 Å². The van der Waals surface area contributed by atoms with E-state index in [0.29, 0.717) is 5.56 Å². The van der Waals surface area contributed by atoms with Crippen molar-refractivity contribution in [2.75, 3.05) is 46.9 Å². The Morgan fingerprint density at radius 3 is 2.95 bits per heavy atom. The third-order valence-corrected chi connectivity index (χ3v) is 3.87. The van der Waals surface area contributed by atoms with Gasteiger partial charge in [-0.05, 0) is 32.1 Å². The second-order valence-corrected chi connectivity index (χ2v) is 5.73. The van der Waals surface area contributed by atoms with Gasteiger partial charge < -0.3 is 19.6 Å². The highest BCUT2D eigenvalue weighted by Crippen LogP contribution is 2.11. The minimum Gasteiger partial charge on any atom is -0.478 e. The first-order valence-corrected chi connectivity index (χ1v) is 7.36. The zero-order chi connectivity index (χ0) is 15.2. The van der Waals surface area contributed by atoms with E-state index in [9.17, 15) is 9.90 Å². The highest BCUT2D eigenvalue weighted by molar-refractivity contribution is 5.89. The summed E-state index contributed by atoms with van der Waals surface area (Å²) in [4.78, 5) is 15.7. The molecule has 0 radical (unpaired) electrons. The Balaban J connectivity index is 1.84. The lowest BCUT2D eigenvalue weighted by Gasteiger charge is -2.32. The van der Waals surface area contributed by atoms with Crippen molar-refractivity contribution in [1.29, 1.82) is 0 Å². The van der Waals surface area contributed by atoms with Crippen molar-refractivity contribution < 1.29 is 14.6 Å². The Kier molecular flexibility index (Phi) is 5.73. The molecule has 21 heavy (non-hydrogen) atoms. The van der Waals surface area contributed by atoms with Crippen LogP contribution >= 0.6 is 0 Å². The van der Waals surface area contributed by atoms with Crippen molar-refractivity contribution in [1.82, 2.24) is 9.80 Å². The molecule has 5 heteroatoms. The van der Waals surface area contributed by atoms with Crippen molar-refractivity contribution in [3.8, 4) is 0 Å². The Hall–Kier alpha value is -1.43. The van der Waals surface area contributed by atoms with Crippen LogP contribution in [-0.4, -0.2) is 73.9 Å². The number of carboxylic acid groups (broad SMARTS) is 1. The van der Waals surface area contributed by atoms with Crippen LogP contribution in [0.2, 0.25) is 0 Å². The van der Waals surface area contributed by atoms with Gasteiger partial charge in [-0.25, -0.2) is 4.79 Å². The molecule has 1 aliphatic heterocycles. The molecule has 0 aliphatic carbocycles. The van der Waals surface area contributed by atoms with Crippen LogP contribution in [0, 0.1) is 0 Å². The van der Waals surface area contributed by atoms with Crippen LogP contribution in [0.1, 0.15) is 15.9 Å². The van der Waals surface area contributed by atoms with Crippen LogP contribution in [0.4, 0.5) is 0 Å². The molecule has 0 amide bonds. The van der Waals surface area contributed by atoms with Gasteiger partial charge in [-0.15, -0.1) is 0 Å². The summed E-state index contributed by atoms with van der Waals surface area (Å²) < 4.78 is 5.76. The summed E-state index contributed by atoms with van der Waals surface area (Å²) in [5.41, 5.74) is 1.29. The standard InChI is InChI=1S/C16H24N2O3/c1-17(11-14-12-18(2)9-10-21-14)8-7-13-5-3-4-6-15(13)16(19)20/h3-6,14H,7-12H2,1-2H3,(H,19,20). The van der Waals surface area contributed by atoms with E-state index in [1.807, 2.05) is 12.1 Å². The third-order valence-electron chi connectivity index (χ3n) is 3.87. The predicted octanol–water partition coefficient (Wildman–Crippen LogP) is 1.19. The van der Waals surface area contributed by atoms with Gasteiger partial charge in [0.2, 0.25) is 0 Å². The molecular weight excluding hydrogens is 268 g/mol. The summed E-state index contributed by atoms with van der Waals surface area (Å²) in [6.45, 7) is 4.44. The number of morpholine rings is 1. The number of nitrogens with zero attached hydrogens (tertiary/aromatic N) is 2. The monoisotopic (exact) mass is 292 g/mol. The van der Waals surface area contributed by atoms with E-state index in [1.54, 1.807) is 12.1 Å². The number of hydrogen-bond donors (Lipinski definition) is 1. The molecule has 1 atom stereocenters. The molecule has 1 N–H and O–H groups in total. The van der Waals surface area contributed by atoms with Gasteiger partial charge in [0.25, 0.3) is 0 Å². The molecule has 0 spiro atoms. The summed E-state index contributed by atoms with van der Waals surface area (Å²) in [6.07, 6.45) is 0.977. The zero-order valence-electron chi connectivity index (χ0n) is 12.8. The topological polar surface area (TPSA) is 53.0 Å². The SMILES string of the molecule is CN1CCOC(CN(C)CCc2ccccc2C(=O)O)C1. The van der Waals surface area contributed by atoms with Crippen LogP contribution in [0.5, 0.6) is 0 Å². The van der Waals surface area contributed by atoms with E-state index in [4.69, 9.17) is 4.74 Å². The molecule has 116 valence electrons. The summed E-state index contributed by atoms with van der Waals surface area (Å²) in [7, 11) is 4.17. The third kappa shape index (κ3) is 4.81. The number of rotatable bonds is 6. The Morgan fingerprint density at radius 1 is 1.48 bits per heavy atom. The van der Waals surface area contributed by atoms with Crippen LogP contribution in [0.25, 0.3) is 0 Å². The smallest absolute Gasteiger partial charge is 0.335 e. The van der Waals surface area contributed by atoms with Crippen LogP contribution in [0.15, 0.2) is 24.3 Å². The molecular formula is C16H24N2O3. The molecule has 1 aromatic carbocycles.